The Labute approximate surface area is 125 Å². The van der Waals surface area contributed by atoms with Gasteiger partial charge >= 0.3 is 0 Å². The number of halogens is 2. The topological polar surface area (TPSA) is 48.7 Å². The van der Waals surface area contributed by atoms with Gasteiger partial charge in [-0.1, -0.05) is 45.7 Å². The maximum absolute atomic E-state index is 13.9. The molecule has 2 atom stereocenters. The van der Waals surface area contributed by atoms with Crippen molar-refractivity contribution in [2.45, 2.75) is 46.6 Å². The van der Waals surface area contributed by atoms with Crippen molar-refractivity contribution in [2.75, 3.05) is 5.32 Å². The third-order valence-corrected chi connectivity index (χ3v) is 3.72. The number of anilines is 1. The van der Waals surface area contributed by atoms with Crippen LogP contribution in [0.2, 0.25) is 5.15 Å². The predicted molar refractivity (Wildman–Crippen MR) is 80.2 cm³/mol. The fraction of sp³-hybridized carbons (Fsp3) is 0.600. The average Bonchev–Trinajstić information content (AvgIpc) is 2.40. The molecule has 1 rings (SSSR count). The molecule has 0 unspecified atom stereocenters. The van der Waals surface area contributed by atoms with Crippen molar-refractivity contribution in [2.24, 2.45) is 11.8 Å². The van der Waals surface area contributed by atoms with E-state index in [-0.39, 0.29) is 22.6 Å². The normalized spacial score (nSPS) is 13.9. The average molecular weight is 298 g/mol. The molecule has 0 amide bonds. The second kappa shape index (κ2) is 7.44. The van der Waals surface area contributed by atoms with Gasteiger partial charge in [0.25, 0.3) is 0 Å². The first-order chi connectivity index (χ1) is 9.38. The lowest BCUT2D eigenvalue weighted by Crippen LogP contribution is -2.29. The van der Waals surface area contributed by atoms with Crippen molar-refractivity contribution in [1.82, 2.24) is 4.98 Å². The van der Waals surface area contributed by atoms with Crippen LogP contribution in [0.5, 0.6) is 0 Å². The Morgan fingerprint density at radius 2 is 2.10 bits per heavy atom. The van der Waals surface area contributed by atoms with E-state index in [2.05, 4.69) is 38.0 Å². The zero-order valence-electron chi connectivity index (χ0n) is 12.4. The monoisotopic (exact) mass is 297 g/mol. The number of hydrogen-bond acceptors (Lipinski definition) is 3. The molecule has 1 N–H and O–H groups in total. The summed E-state index contributed by atoms with van der Waals surface area (Å²) in [6, 6.07) is 3.08. The van der Waals surface area contributed by atoms with E-state index in [9.17, 15) is 4.39 Å². The molecular weight excluding hydrogens is 277 g/mol. The van der Waals surface area contributed by atoms with Gasteiger partial charge < -0.3 is 5.32 Å². The molecule has 0 aliphatic carbocycles. The molecule has 0 fully saturated rings. The zero-order chi connectivity index (χ0) is 15.3. The van der Waals surface area contributed by atoms with Crippen molar-refractivity contribution in [3.05, 3.63) is 22.6 Å². The fourth-order valence-corrected chi connectivity index (χ4v) is 2.23. The molecule has 0 radical (unpaired) electrons. The molecule has 3 nitrogen and oxygen atoms in total. The van der Waals surface area contributed by atoms with Crippen LogP contribution in [0.3, 0.4) is 0 Å². The smallest absolute Gasteiger partial charge is 0.166 e. The highest BCUT2D eigenvalue weighted by Gasteiger charge is 2.20. The van der Waals surface area contributed by atoms with Crippen LogP contribution in [0.4, 0.5) is 10.2 Å². The van der Waals surface area contributed by atoms with Gasteiger partial charge in [-0.05, 0) is 24.3 Å². The molecule has 1 aromatic rings. The molecule has 110 valence electrons. The van der Waals surface area contributed by atoms with Crippen LogP contribution in [0.25, 0.3) is 0 Å². The minimum Gasteiger partial charge on any atom is -0.365 e. The number of rotatable bonds is 6. The minimum absolute atomic E-state index is 0.0313. The quantitative estimate of drug-likeness (QED) is 0.780. The Hall–Kier alpha value is -1.34. The predicted octanol–water partition coefficient (Wildman–Crippen LogP) is 4.62. The molecule has 5 heteroatoms. The fourth-order valence-electron chi connectivity index (χ4n) is 2.05. The van der Waals surface area contributed by atoms with Crippen LogP contribution < -0.4 is 5.32 Å². The second-order valence-corrected chi connectivity index (χ2v) is 5.89. The molecule has 20 heavy (non-hydrogen) atoms. The van der Waals surface area contributed by atoms with E-state index >= 15 is 0 Å². The standard InChI is InChI=1S/C15H21ClFN3/c1-5-10(4)13(6-9(2)3)19-15-12(17)7-11(8-18)14(16)20-15/h7,9-10,13H,5-6H2,1-4H3,(H,19,20)/t10-,13+/m0/s1. The lowest BCUT2D eigenvalue weighted by molar-refractivity contribution is 0.395. The summed E-state index contributed by atoms with van der Waals surface area (Å²) >= 11 is 5.86. The van der Waals surface area contributed by atoms with Gasteiger partial charge in [0.1, 0.15) is 11.2 Å². The number of nitrogens with one attached hydrogen (secondary N) is 1. The van der Waals surface area contributed by atoms with Gasteiger partial charge in [0.05, 0.1) is 5.56 Å². The minimum atomic E-state index is -0.539. The van der Waals surface area contributed by atoms with Gasteiger partial charge in [0, 0.05) is 6.04 Å². The Balaban J connectivity index is 2.99. The highest BCUT2D eigenvalue weighted by Crippen LogP contribution is 2.24. The van der Waals surface area contributed by atoms with Crippen molar-refractivity contribution >= 4 is 17.4 Å². The van der Waals surface area contributed by atoms with Crippen LogP contribution in [0.15, 0.2) is 6.07 Å². The molecular formula is C15H21ClFN3. The first-order valence-electron chi connectivity index (χ1n) is 6.91. The molecule has 1 heterocycles. The zero-order valence-corrected chi connectivity index (χ0v) is 13.1. The number of pyridine rings is 1. The van der Waals surface area contributed by atoms with Crippen molar-refractivity contribution in [3.8, 4) is 6.07 Å². The van der Waals surface area contributed by atoms with Gasteiger partial charge in [0.15, 0.2) is 11.6 Å². The first kappa shape index (κ1) is 16.7. The number of hydrogen-bond donors (Lipinski definition) is 1. The summed E-state index contributed by atoms with van der Waals surface area (Å²) in [4.78, 5) is 3.96. The molecule has 0 aliphatic rings. The Morgan fingerprint density at radius 1 is 1.45 bits per heavy atom. The molecule has 0 spiro atoms. The summed E-state index contributed by atoms with van der Waals surface area (Å²) in [5.74, 6) is 0.481. The molecule has 0 saturated heterocycles. The molecule has 0 saturated carbocycles. The number of nitriles is 1. The van der Waals surface area contributed by atoms with E-state index < -0.39 is 5.82 Å². The largest absolute Gasteiger partial charge is 0.365 e. The summed E-state index contributed by atoms with van der Waals surface area (Å²) in [5.41, 5.74) is 0.0543. The lowest BCUT2D eigenvalue weighted by Gasteiger charge is -2.26. The van der Waals surface area contributed by atoms with E-state index in [1.807, 2.05) is 6.07 Å². The maximum atomic E-state index is 13.9. The van der Waals surface area contributed by atoms with E-state index in [0.29, 0.717) is 11.8 Å². The van der Waals surface area contributed by atoms with Gasteiger partial charge in [-0.15, -0.1) is 0 Å². The first-order valence-corrected chi connectivity index (χ1v) is 7.29. The third-order valence-electron chi connectivity index (χ3n) is 3.43. The maximum Gasteiger partial charge on any atom is 0.166 e. The SMILES string of the molecule is CC[C@H](C)[C@@H](CC(C)C)Nc1nc(Cl)c(C#N)cc1F. The summed E-state index contributed by atoms with van der Waals surface area (Å²) < 4.78 is 13.9. The number of nitrogens with zero attached hydrogens (tertiary/aromatic N) is 2. The molecule has 0 bridgehead atoms. The summed E-state index contributed by atoms with van der Waals surface area (Å²) in [7, 11) is 0. The second-order valence-electron chi connectivity index (χ2n) is 5.53. The van der Waals surface area contributed by atoms with Gasteiger partial charge in [-0.25, -0.2) is 9.37 Å². The highest BCUT2D eigenvalue weighted by molar-refractivity contribution is 6.30. The van der Waals surface area contributed by atoms with E-state index in [1.54, 1.807) is 0 Å². The van der Waals surface area contributed by atoms with Crippen molar-refractivity contribution < 1.29 is 4.39 Å². The van der Waals surface area contributed by atoms with E-state index in [1.165, 1.54) is 0 Å². The van der Waals surface area contributed by atoms with Crippen LogP contribution in [0, 0.1) is 29.0 Å². The summed E-state index contributed by atoms with van der Waals surface area (Å²) in [6.07, 6.45) is 1.92. The van der Waals surface area contributed by atoms with Crippen LogP contribution in [-0.4, -0.2) is 11.0 Å². The summed E-state index contributed by atoms with van der Waals surface area (Å²) in [5, 5.41) is 12.0. The van der Waals surface area contributed by atoms with E-state index in [0.717, 1.165) is 18.9 Å². The van der Waals surface area contributed by atoms with Gasteiger partial charge in [-0.3, -0.25) is 0 Å². The third kappa shape index (κ3) is 4.35. The molecule has 1 aromatic heterocycles. The Bertz CT molecular complexity index is 497. The highest BCUT2D eigenvalue weighted by atomic mass is 35.5. The van der Waals surface area contributed by atoms with Crippen LogP contribution in [0.1, 0.15) is 46.1 Å². The van der Waals surface area contributed by atoms with Gasteiger partial charge in [-0.2, -0.15) is 5.26 Å². The van der Waals surface area contributed by atoms with Crippen molar-refractivity contribution in [1.29, 1.82) is 5.26 Å². The van der Waals surface area contributed by atoms with Crippen molar-refractivity contribution in [3.63, 3.8) is 0 Å². The summed E-state index contributed by atoms with van der Waals surface area (Å²) in [6.45, 7) is 8.50. The molecule has 0 aromatic carbocycles. The van der Waals surface area contributed by atoms with E-state index in [4.69, 9.17) is 16.9 Å². The van der Waals surface area contributed by atoms with Crippen LogP contribution in [-0.2, 0) is 0 Å². The van der Waals surface area contributed by atoms with Crippen LogP contribution >= 0.6 is 11.6 Å². The Morgan fingerprint density at radius 3 is 2.60 bits per heavy atom. The van der Waals surface area contributed by atoms with Gasteiger partial charge in [0.2, 0.25) is 0 Å². The lowest BCUT2D eigenvalue weighted by atomic mass is 9.91. The number of aromatic nitrogens is 1. The molecule has 0 aliphatic heterocycles. The Kier molecular flexibility index (Phi) is 6.22.